The summed E-state index contributed by atoms with van der Waals surface area (Å²) in [4.78, 5) is 22.8. The zero-order valence-corrected chi connectivity index (χ0v) is 12.1. The lowest BCUT2D eigenvalue weighted by Crippen LogP contribution is -2.44. The minimum Gasteiger partial charge on any atom is -0.496 e. The molecule has 1 aromatic rings. The van der Waals surface area contributed by atoms with Gasteiger partial charge in [0.15, 0.2) is 0 Å². The van der Waals surface area contributed by atoms with Crippen LogP contribution < -0.4 is 10.1 Å². The Balaban J connectivity index is 2.57. The number of para-hydroxylation sites is 1. The number of carboxylic acid groups (broad SMARTS) is 1. The normalized spacial score (nSPS) is 12.0. The van der Waals surface area contributed by atoms with Crippen molar-refractivity contribution in [3.63, 3.8) is 0 Å². The summed E-state index contributed by atoms with van der Waals surface area (Å²) in [6.45, 7) is 3.53. The third-order valence-corrected chi connectivity index (χ3v) is 3.06. The fourth-order valence-corrected chi connectivity index (χ4v) is 1.92. The predicted molar refractivity (Wildman–Crippen MR) is 75.7 cm³/mol. The lowest BCUT2D eigenvalue weighted by atomic mass is 10.0. The Morgan fingerprint density at radius 2 is 1.95 bits per heavy atom. The Kier molecular flexibility index (Phi) is 6.03. The SMILES string of the molecule is COc1ccccc1CCC(=O)N[C@H](C(=O)O)C(C)C. The number of aryl methyl sites for hydroxylation is 1. The topological polar surface area (TPSA) is 75.6 Å². The van der Waals surface area contributed by atoms with Crippen LogP contribution in [0.5, 0.6) is 5.75 Å². The van der Waals surface area contributed by atoms with Gasteiger partial charge in [0.2, 0.25) is 5.91 Å². The van der Waals surface area contributed by atoms with Gasteiger partial charge in [-0.1, -0.05) is 32.0 Å². The quantitative estimate of drug-likeness (QED) is 0.798. The molecule has 0 aliphatic heterocycles. The van der Waals surface area contributed by atoms with Gasteiger partial charge in [-0.25, -0.2) is 4.79 Å². The number of carboxylic acids is 1. The van der Waals surface area contributed by atoms with E-state index in [1.54, 1.807) is 21.0 Å². The van der Waals surface area contributed by atoms with Crippen molar-refractivity contribution in [3.05, 3.63) is 29.8 Å². The number of carbonyl (C=O) groups is 2. The number of aliphatic carboxylic acids is 1. The van der Waals surface area contributed by atoms with Crippen molar-refractivity contribution in [1.29, 1.82) is 0 Å². The van der Waals surface area contributed by atoms with Crippen molar-refractivity contribution in [2.45, 2.75) is 32.7 Å². The fraction of sp³-hybridized carbons (Fsp3) is 0.467. The second-order valence-electron chi connectivity index (χ2n) is 4.94. The summed E-state index contributed by atoms with van der Waals surface area (Å²) in [5.41, 5.74) is 0.932. The first-order valence-electron chi connectivity index (χ1n) is 6.59. The van der Waals surface area contributed by atoms with Gasteiger partial charge < -0.3 is 15.2 Å². The van der Waals surface area contributed by atoms with Gasteiger partial charge in [-0.3, -0.25) is 4.79 Å². The predicted octanol–water partition coefficient (Wildman–Crippen LogP) is 1.85. The number of amides is 1. The molecule has 0 saturated carbocycles. The van der Waals surface area contributed by atoms with Gasteiger partial charge in [0, 0.05) is 6.42 Å². The average Bonchev–Trinajstić information content (AvgIpc) is 2.42. The highest BCUT2D eigenvalue weighted by molar-refractivity contribution is 5.83. The van der Waals surface area contributed by atoms with E-state index >= 15 is 0 Å². The van der Waals surface area contributed by atoms with Crippen molar-refractivity contribution in [1.82, 2.24) is 5.32 Å². The van der Waals surface area contributed by atoms with E-state index in [0.717, 1.165) is 11.3 Å². The van der Waals surface area contributed by atoms with Gasteiger partial charge in [0.05, 0.1) is 7.11 Å². The van der Waals surface area contributed by atoms with Crippen LogP contribution in [0.1, 0.15) is 25.8 Å². The van der Waals surface area contributed by atoms with E-state index in [1.807, 2.05) is 24.3 Å². The van der Waals surface area contributed by atoms with E-state index in [-0.39, 0.29) is 18.2 Å². The zero-order valence-electron chi connectivity index (χ0n) is 12.1. The fourth-order valence-electron chi connectivity index (χ4n) is 1.92. The summed E-state index contributed by atoms with van der Waals surface area (Å²) in [6, 6.07) is 6.62. The molecule has 1 rings (SSSR count). The Morgan fingerprint density at radius 1 is 1.30 bits per heavy atom. The maximum atomic E-state index is 11.8. The second-order valence-corrected chi connectivity index (χ2v) is 4.94. The maximum absolute atomic E-state index is 11.8. The van der Waals surface area contributed by atoms with Crippen LogP contribution in [-0.2, 0) is 16.0 Å². The van der Waals surface area contributed by atoms with Crippen LogP contribution in [0.25, 0.3) is 0 Å². The average molecular weight is 279 g/mol. The lowest BCUT2D eigenvalue weighted by molar-refractivity contribution is -0.143. The second kappa shape index (κ2) is 7.53. The third-order valence-electron chi connectivity index (χ3n) is 3.06. The number of methoxy groups -OCH3 is 1. The molecule has 0 saturated heterocycles. The smallest absolute Gasteiger partial charge is 0.326 e. The van der Waals surface area contributed by atoms with E-state index < -0.39 is 12.0 Å². The molecule has 5 nitrogen and oxygen atoms in total. The molecule has 0 aromatic heterocycles. The molecular formula is C15H21NO4. The molecule has 0 spiro atoms. The first-order valence-corrected chi connectivity index (χ1v) is 6.59. The highest BCUT2D eigenvalue weighted by Gasteiger charge is 2.23. The largest absolute Gasteiger partial charge is 0.496 e. The summed E-state index contributed by atoms with van der Waals surface area (Å²) < 4.78 is 5.21. The lowest BCUT2D eigenvalue weighted by Gasteiger charge is -2.18. The first kappa shape index (κ1) is 16.0. The molecule has 20 heavy (non-hydrogen) atoms. The molecule has 0 fully saturated rings. The minimum absolute atomic E-state index is 0.150. The molecule has 0 heterocycles. The van der Waals surface area contributed by atoms with Crippen molar-refractivity contribution < 1.29 is 19.4 Å². The molecule has 0 aliphatic rings. The van der Waals surface area contributed by atoms with E-state index in [0.29, 0.717) is 6.42 Å². The molecule has 0 radical (unpaired) electrons. The molecule has 2 N–H and O–H groups in total. The molecule has 0 bridgehead atoms. The number of hydrogen-bond donors (Lipinski definition) is 2. The zero-order chi connectivity index (χ0) is 15.1. The molecule has 5 heteroatoms. The Bertz CT molecular complexity index is 471. The van der Waals surface area contributed by atoms with Gasteiger partial charge >= 0.3 is 5.97 Å². The minimum atomic E-state index is -1.01. The highest BCUT2D eigenvalue weighted by Crippen LogP contribution is 2.18. The number of ether oxygens (including phenoxy) is 1. The van der Waals surface area contributed by atoms with Crippen molar-refractivity contribution in [2.24, 2.45) is 5.92 Å². The molecule has 110 valence electrons. The first-order chi connectivity index (χ1) is 9.45. The van der Waals surface area contributed by atoms with Crippen LogP contribution in [0.4, 0.5) is 0 Å². The summed E-state index contributed by atoms with van der Waals surface area (Å²) >= 11 is 0. The summed E-state index contributed by atoms with van der Waals surface area (Å²) in [6.07, 6.45) is 0.747. The van der Waals surface area contributed by atoms with Crippen LogP contribution >= 0.6 is 0 Å². The summed E-state index contributed by atoms with van der Waals surface area (Å²) in [7, 11) is 1.58. The standard InChI is InChI=1S/C15H21NO4/c1-10(2)14(15(18)19)16-13(17)9-8-11-6-4-5-7-12(11)20-3/h4-7,10,14H,8-9H2,1-3H3,(H,16,17)(H,18,19)/t14-/m0/s1. The van der Waals surface area contributed by atoms with Crippen LogP contribution in [0.15, 0.2) is 24.3 Å². The Morgan fingerprint density at radius 3 is 2.50 bits per heavy atom. The van der Waals surface area contributed by atoms with Crippen molar-refractivity contribution in [2.75, 3.05) is 7.11 Å². The molecule has 1 amide bonds. The van der Waals surface area contributed by atoms with Gasteiger partial charge in [0.1, 0.15) is 11.8 Å². The van der Waals surface area contributed by atoms with Crippen LogP contribution in [-0.4, -0.2) is 30.1 Å². The van der Waals surface area contributed by atoms with Crippen LogP contribution in [0.2, 0.25) is 0 Å². The molecule has 1 aromatic carbocycles. The summed E-state index contributed by atoms with van der Waals surface area (Å²) in [5.74, 6) is -0.690. The highest BCUT2D eigenvalue weighted by atomic mass is 16.5. The summed E-state index contributed by atoms with van der Waals surface area (Å²) in [5, 5.41) is 11.6. The van der Waals surface area contributed by atoms with Crippen LogP contribution in [0.3, 0.4) is 0 Å². The van der Waals surface area contributed by atoms with Crippen molar-refractivity contribution >= 4 is 11.9 Å². The number of nitrogens with one attached hydrogen (secondary N) is 1. The van der Waals surface area contributed by atoms with Gasteiger partial charge in [-0.05, 0) is 24.0 Å². The van der Waals surface area contributed by atoms with Gasteiger partial charge in [-0.2, -0.15) is 0 Å². The number of rotatable bonds is 7. The monoisotopic (exact) mass is 279 g/mol. The van der Waals surface area contributed by atoms with Gasteiger partial charge in [0.25, 0.3) is 0 Å². The number of hydrogen-bond acceptors (Lipinski definition) is 3. The van der Waals surface area contributed by atoms with E-state index in [4.69, 9.17) is 9.84 Å². The molecule has 0 aliphatic carbocycles. The number of benzene rings is 1. The molecule has 0 unspecified atom stereocenters. The third kappa shape index (κ3) is 4.57. The Hall–Kier alpha value is -2.04. The number of carbonyl (C=O) groups excluding carboxylic acids is 1. The van der Waals surface area contributed by atoms with Crippen LogP contribution in [0, 0.1) is 5.92 Å². The maximum Gasteiger partial charge on any atom is 0.326 e. The molecule has 1 atom stereocenters. The molecular weight excluding hydrogens is 258 g/mol. The van der Waals surface area contributed by atoms with Crippen molar-refractivity contribution in [3.8, 4) is 5.75 Å². The van der Waals surface area contributed by atoms with E-state index in [1.165, 1.54) is 0 Å². The van der Waals surface area contributed by atoms with E-state index in [9.17, 15) is 9.59 Å². The van der Waals surface area contributed by atoms with E-state index in [2.05, 4.69) is 5.32 Å². The Labute approximate surface area is 118 Å². The van der Waals surface area contributed by atoms with Gasteiger partial charge in [-0.15, -0.1) is 0 Å².